The van der Waals surface area contributed by atoms with Gasteiger partial charge in [0.25, 0.3) is 0 Å². The molecule has 0 unspecified atom stereocenters. The largest absolute Gasteiger partial charge is 0.455 e. The van der Waals surface area contributed by atoms with E-state index in [4.69, 9.17) is 4.74 Å². The summed E-state index contributed by atoms with van der Waals surface area (Å²) < 4.78 is 6.37. The van der Waals surface area contributed by atoms with Crippen LogP contribution in [0.3, 0.4) is 0 Å². The van der Waals surface area contributed by atoms with Crippen molar-refractivity contribution in [2.75, 3.05) is 24.3 Å². The summed E-state index contributed by atoms with van der Waals surface area (Å²) in [6.07, 6.45) is 0.174. The molecule has 0 bridgehead atoms. The minimum Gasteiger partial charge on any atom is -0.455 e. The lowest BCUT2D eigenvalue weighted by Crippen LogP contribution is -2.14. The lowest BCUT2D eigenvalue weighted by atomic mass is 10.2. The number of benzene rings is 1. The highest BCUT2D eigenvalue weighted by Gasteiger charge is 2.17. The maximum Gasteiger partial charge on any atom is 0.348 e. The van der Waals surface area contributed by atoms with Gasteiger partial charge in [0, 0.05) is 25.2 Å². The number of carbonyl (C=O) groups excluding carboxylic acids is 2. The Bertz CT molecular complexity index is 1190. The molecular formula is C21H20N4O3S3. The van der Waals surface area contributed by atoms with Crippen molar-refractivity contribution >= 4 is 66.2 Å². The van der Waals surface area contributed by atoms with Gasteiger partial charge in [0.05, 0.1) is 16.8 Å². The monoisotopic (exact) mass is 472 g/mol. The van der Waals surface area contributed by atoms with Gasteiger partial charge in [0.2, 0.25) is 5.91 Å². The number of thiazole rings is 2. The maximum absolute atomic E-state index is 12.4. The van der Waals surface area contributed by atoms with Crippen LogP contribution >= 0.6 is 34.0 Å². The Kier molecular flexibility index (Phi) is 6.30. The molecule has 4 rings (SSSR count). The number of amides is 1. The number of thiophene rings is 1. The highest BCUT2D eigenvalue weighted by atomic mass is 32.1. The molecule has 0 radical (unpaired) electrons. The molecule has 0 aliphatic carbocycles. The number of hydrogen-bond acceptors (Lipinski definition) is 9. The van der Waals surface area contributed by atoms with Gasteiger partial charge in [-0.25, -0.2) is 14.8 Å². The van der Waals surface area contributed by atoms with Crippen LogP contribution in [0.5, 0.6) is 0 Å². The van der Waals surface area contributed by atoms with E-state index in [1.807, 2.05) is 56.3 Å². The van der Waals surface area contributed by atoms with Crippen molar-refractivity contribution in [2.24, 2.45) is 0 Å². The van der Waals surface area contributed by atoms with Crippen molar-refractivity contribution in [2.45, 2.75) is 20.0 Å². The zero-order chi connectivity index (χ0) is 22.0. The van der Waals surface area contributed by atoms with Crippen molar-refractivity contribution in [3.8, 4) is 0 Å². The summed E-state index contributed by atoms with van der Waals surface area (Å²) >= 11 is 4.23. The molecule has 1 aromatic carbocycles. The third kappa shape index (κ3) is 5.27. The lowest BCUT2D eigenvalue weighted by Gasteiger charge is -2.05. The van der Waals surface area contributed by atoms with Gasteiger partial charge >= 0.3 is 5.97 Å². The quantitative estimate of drug-likeness (QED) is 0.392. The zero-order valence-electron chi connectivity index (χ0n) is 17.2. The molecule has 1 amide bonds. The Morgan fingerprint density at radius 2 is 1.90 bits per heavy atom. The average molecular weight is 473 g/mol. The summed E-state index contributed by atoms with van der Waals surface area (Å²) in [6.45, 7) is 2.06. The number of esters is 1. The maximum atomic E-state index is 12.4. The molecule has 160 valence electrons. The van der Waals surface area contributed by atoms with E-state index in [2.05, 4.69) is 15.3 Å². The van der Waals surface area contributed by atoms with E-state index < -0.39 is 5.97 Å². The number of ether oxygens (including phenoxy) is 1. The molecular weight excluding hydrogens is 452 g/mol. The van der Waals surface area contributed by atoms with Crippen LogP contribution < -0.4 is 10.2 Å². The number of fused-ring (bicyclic) bond motifs is 1. The summed E-state index contributed by atoms with van der Waals surface area (Å²) in [6, 6.07) is 9.44. The second-order valence-corrected chi connectivity index (χ2v) is 10.1. The van der Waals surface area contributed by atoms with Crippen molar-refractivity contribution in [1.29, 1.82) is 0 Å². The summed E-state index contributed by atoms with van der Waals surface area (Å²) in [5.41, 5.74) is 2.52. The Hall–Kier alpha value is -2.82. The predicted octanol–water partition coefficient (Wildman–Crippen LogP) is 4.73. The first-order valence-corrected chi connectivity index (χ1v) is 11.9. The minimum atomic E-state index is -0.395. The highest BCUT2D eigenvalue weighted by molar-refractivity contribution is 7.29. The van der Waals surface area contributed by atoms with E-state index in [0.29, 0.717) is 15.6 Å². The van der Waals surface area contributed by atoms with Crippen LogP contribution in [0.25, 0.3) is 9.53 Å². The molecule has 0 fully saturated rings. The minimum absolute atomic E-state index is 0.0663. The number of carbonyl (C=O) groups is 2. The molecule has 0 saturated heterocycles. The van der Waals surface area contributed by atoms with E-state index in [0.717, 1.165) is 25.9 Å². The van der Waals surface area contributed by atoms with Gasteiger partial charge < -0.3 is 15.0 Å². The SMILES string of the molecule is Cc1ccc(NC(=O)Cc2nc(COC(=O)c3cc4sc(N(C)C)nc4s3)cs2)cc1. The number of nitrogens with zero attached hydrogens (tertiary/aromatic N) is 3. The highest BCUT2D eigenvalue weighted by Crippen LogP contribution is 2.34. The summed E-state index contributed by atoms with van der Waals surface area (Å²) in [5.74, 6) is -0.529. The van der Waals surface area contributed by atoms with E-state index in [1.54, 1.807) is 5.38 Å². The van der Waals surface area contributed by atoms with E-state index >= 15 is 0 Å². The van der Waals surface area contributed by atoms with Crippen molar-refractivity contribution in [3.05, 3.63) is 56.9 Å². The molecule has 0 spiro atoms. The Morgan fingerprint density at radius 3 is 2.61 bits per heavy atom. The summed E-state index contributed by atoms with van der Waals surface area (Å²) in [7, 11) is 3.87. The Morgan fingerprint density at radius 1 is 1.13 bits per heavy atom. The normalized spacial score (nSPS) is 10.9. The standard InChI is InChI=1S/C21H20N4O3S3/c1-12-4-6-13(7-5-12)22-17(26)9-18-23-14(11-29-18)10-28-20(27)16-8-15-19(30-16)24-21(31-15)25(2)3/h4-8,11H,9-10H2,1-3H3,(H,22,26). The van der Waals surface area contributed by atoms with Gasteiger partial charge in [-0.15, -0.1) is 22.7 Å². The van der Waals surface area contributed by atoms with Gasteiger partial charge in [0.15, 0.2) is 5.13 Å². The van der Waals surface area contributed by atoms with E-state index in [9.17, 15) is 9.59 Å². The van der Waals surface area contributed by atoms with Crippen molar-refractivity contribution in [3.63, 3.8) is 0 Å². The summed E-state index contributed by atoms with van der Waals surface area (Å²) in [4.78, 5) is 36.8. The van der Waals surface area contributed by atoms with Crippen LogP contribution in [0.15, 0.2) is 35.7 Å². The first-order valence-electron chi connectivity index (χ1n) is 9.42. The predicted molar refractivity (Wildman–Crippen MR) is 127 cm³/mol. The van der Waals surface area contributed by atoms with Crippen molar-refractivity contribution in [1.82, 2.24) is 9.97 Å². The number of hydrogen-bond donors (Lipinski definition) is 1. The second-order valence-electron chi connectivity index (χ2n) is 7.07. The number of aromatic nitrogens is 2. The van der Waals surface area contributed by atoms with E-state index in [-0.39, 0.29) is 18.9 Å². The van der Waals surface area contributed by atoms with Crippen LogP contribution in [-0.2, 0) is 22.6 Å². The van der Waals surface area contributed by atoms with Gasteiger partial charge in [0.1, 0.15) is 21.3 Å². The molecule has 0 aliphatic rings. The van der Waals surface area contributed by atoms with Gasteiger partial charge in [-0.1, -0.05) is 29.0 Å². The van der Waals surface area contributed by atoms with Crippen LogP contribution in [0.4, 0.5) is 10.8 Å². The van der Waals surface area contributed by atoms with Crippen LogP contribution in [0.2, 0.25) is 0 Å². The second kappa shape index (κ2) is 9.13. The first-order chi connectivity index (χ1) is 14.9. The number of nitrogens with one attached hydrogen (secondary N) is 1. The number of rotatable bonds is 7. The van der Waals surface area contributed by atoms with Crippen LogP contribution in [0, 0.1) is 6.92 Å². The number of aryl methyl sites for hydroxylation is 1. The fourth-order valence-corrected chi connectivity index (χ4v) is 5.51. The molecule has 4 aromatic rings. The molecule has 0 atom stereocenters. The molecule has 0 saturated carbocycles. The summed E-state index contributed by atoms with van der Waals surface area (Å²) in [5, 5.41) is 6.24. The molecule has 10 heteroatoms. The van der Waals surface area contributed by atoms with Crippen LogP contribution in [-0.4, -0.2) is 35.9 Å². The molecule has 0 aliphatic heterocycles. The van der Waals surface area contributed by atoms with E-state index in [1.165, 1.54) is 34.0 Å². The fourth-order valence-electron chi connectivity index (χ4n) is 2.70. The molecule has 3 heterocycles. The molecule has 1 N–H and O–H groups in total. The van der Waals surface area contributed by atoms with Crippen LogP contribution in [0.1, 0.15) is 25.9 Å². The molecule has 3 aromatic heterocycles. The first kappa shape index (κ1) is 21.4. The molecule has 31 heavy (non-hydrogen) atoms. The third-order valence-corrected chi connectivity index (χ3v) is 7.47. The Labute approximate surface area is 191 Å². The number of anilines is 2. The Balaban J connectivity index is 1.30. The van der Waals surface area contributed by atoms with Crippen molar-refractivity contribution < 1.29 is 14.3 Å². The topological polar surface area (TPSA) is 84.4 Å². The van der Waals surface area contributed by atoms with Gasteiger partial charge in [-0.05, 0) is 25.1 Å². The zero-order valence-corrected chi connectivity index (χ0v) is 19.6. The third-order valence-electron chi connectivity index (χ3n) is 4.26. The smallest absolute Gasteiger partial charge is 0.348 e. The molecule has 7 nitrogen and oxygen atoms in total. The van der Waals surface area contributed by atoms with Gasteiger partial charge in [-0.3, -0.25) is 4.79 Å². The van der Waals surface area contributed by atoms with Gasteiger partial charge in [-0.2, -0.15) is 0 Å². The lowest BCUT2D eigenvalue weighted by molar-refractivity contribution is -0.115. The average Bonchev–Trinajstić information content (AvgIpc) is 3.42. The fraction of sp³-hybridized carbons (Fsp3) is 0.238.